The molecule has 18 heavy (non-hydrogen) atoms. The molecule has 3 heteroatoms. The molecule has 0 saturated heterocycles. The number of aliphatic hydroxyl groups excluding tert-OH is 1. The maximum Gasteiger partial charge on any atom is 0.118 e. The van der Waals surface area contributed by atoms with E-state index in [0.717, 1.165) is 43.9 Å². The van der Waals surface area contributed by atoms with E-state index in [1.807, 2.05) is 0 Å². The molecule has 0 spiro atoms. The second-order valence-corrected chi connectivity index (χ2v) is 5.53. The number of hydrogen-bond donors (Lipinski definition) is 1. The molecule has 0 bridgehead atoms. The van der Waals surface area contributed by atoms with Crippen molar-refractivity contribution in [3.63, 3.8) is 0 Å². The molecule has 1 fully saturated rings. The zero-order chi connectivity index (χ0) is 13.0. The van der Waals surface area contributed by atoms with Gasteiger partial charge >= 0.3 is 0 Å². The van der Waals surface area contributed by atoms with E-state index in [1.165, 1.54) is 12.8 Å². The molecule has 102 valence electrons. The van der Waals surface area contributed by atoms with E-state index in [2.05, 4.69) is 31.0 Å². The number of furan rings is 1. The van der Waals surface area contributed by atoms with Crippen LogP contribution in [0.15, 0.2) is 16.5 Å². The summed E-state index contributed by atoms with van der Waals surface area (Å²) in [7, 11) is 2.11. The molecule has 1 saturated carbocycles. The largest absolute Gasteiger partial charge is 0.465 e. The van der Waals surface area contributed by atoms with Crippen LogP contribution in [-0.4, -0.2) is 29.7 Å². The minimum absolute atomic E-state index is 0.107. The lowest BCUT2D eigenvalue weighted by Gasteiger charge is -2.30. The highest BCUT2D eigenvalue weighted by molar-refractivity contribution is 5.06. The first-order valence-corrected chi connectivity index (χ1v) is 7.13. The van der Waals surface area contributed by atoms with E-state index in [9.17, 15) is 5.11 Å². The second-order valence-electron chi connectivity index (χ2n) is 5.53. The highest BCUT2D eigenvalue weighted by atomic mass is 16.3. The first kappa shape index (κ1) is 13.6. The van der Waals surface area contributed by atoms with Gasteiger partial charge in [-0.05, 0) is 37.9 Å². The summed E-state index contributed by atoms with van der Waals surface area (Å²) in [5, 5.41) is 9.98. The normalized spacial score (nSPS) is 24.7. The van der Waals surface area contributed by atoms with Gasteiger partial charge in [-0.1, -0.05) is 19.8 Å². The van der Waals surface area contributed by atoms with Gasteiger partial charge in [-0.25, -0.2) is 0 Å². The molecule has 1 N–H and O–H groups in total. The highest BCUT2D eigenvalue weighted by Gasteiger charge is 2.24. The van der Waals surface area contributed by atoms with Gasteiger partial charge < -0.3 is 9.52 Å². The SMILES string of the molecule is CCc1ccc(CN(C)CC2CCCCC2O)o1. The zero-order valence-corrected chi connectivity index (χ0v) is 11.6. The van der Waals surface area contributed by atoms with E-state index < -0.39 is 0 Å². The van der Waals surface area contributed by atoms with Crippen molar-refractivity contribution >= 4 is 0 Å². The van der Waals surface area contributed by atoms with Gasteiger partial charge in [0.1, 0.15) is 11.5 Å². The van der Waals surface area contributed by atoms with E-state index in [-0.39, 0.29) is 6.10 Å². The van der Waals surface area contributed by atoms with Crippen molar-refractivity contribution in [2.45, 2.75) is 51.7 Å². The summed E-state index contributed by atoms with van der Waals surface area (Å²) in [6, 6.07) is 4.12. The summed E-state index contributed by atoms with van der Waals surface area (Å²) < 4.78 is 5.72. The predicted molar refractivity (Wildman–Crippen MR) is 72.4 cm³/mol. The molecule has 1 aromatic rings. The molecule has 1 heterocycles. The third-order valence-corrected chi connectivity index (χ3v) is 3.91. The Morgan fingerprint density at radius 1 is 1.28 bits per heavy atom. The van der Waals surface area contributed by atoms with Crippen molar-refractivity contribution in [1.82, 2.24) is 4.90 Å². The first-order valence-electron chi connectivity index (χ1n) is 7.13. The number of hydrogen-bond acceptors (Lipinski definition) is 3. The molecule has 1 aliphatic rings. The van der Waals surface area contributed by atoms with Crippen LogP contribution in [-0.2, 0) is 13.0 Å². The average Bonchev–Trinajstić information content (AvgIpc) is 2.80. The van der Waals surface area contributed by atoms with Gasteiger partial charge in [0.05, 0.1) is 12.6 Å². The molecule has 1 aromatic heterocycles. The standard InChI is InChI=1S/C15H25NO2/c1-3-13-8-9-14(18-13)11-16(2)10-12-6-4-5-7-15(12)17/h8-9,12,15,17H,3-7,10-11H2,1-2H3. The third-order valence-electron chi connectivity index (χ3n) is 3.91. The fourth-order valence-corrected chi connectivity index (χ4v) is 2.83. The van der Waals surface area contributed by atoms with E-state index in [0.29, 0.717) is 5.92 Å². The van der Waals surface area contributed by atoms with E-state index in [1.54, 1.807) is 0 Å². The maximum atomic E-state index is 9.98. The highest BCUT2D eigenvalue weighted by Crippen LogP contribution is 2.25. The molecule has 1 aliphatic carbocycles. The Morgan fingerprint density at radius 3 is 2.67 bits per heavy atom. The fourth-order valence-electron chi connectivity index (χ4n) is 2.83. The number of aryl methyl sites for hydroxylation is 1. The maximum absolute atomic E-state index is 9.98. The van der Waals surface area contributed by atoms with Crippen LogP contribution in [0, 0.1) is 5.92 Å². The van der Waals surface area contributed by atoms with E-state index in [4.69, 9.17) is 4.42 Å². The minimum Gasteiger partial charge on any atom is -0.465 e. The van der Waals surface area contributed by atoms with Crippen molar-refractivity contribution in [2.75, 3.05) is 13.6 Å². The Hall–Kier alpha value is -0.800. The Kier molecular flexibility index (Phi) is 4.84. The van der Waals surface area contributed by atoms with Crippen molar-refractivity contribution in [3.05, 3.63) is 23.7 Å². The van der Waals surface area contributed by atoms with Gasteiger partial charge in [-0.15, -0.1) is 0 Å². The summed E-state index contributed by atoms with van der Waals surface area (Å²) in [4.78, 5) is 2.26. The number of rotatable bonds is 5. The molecular formula is C15H25NO2. The molecule has 2 rings (SSSR count). The predicted octanol–water partition coefficient (Wildman–Crippen LogP) is 2.82. The Bertz CT molecular complexity index is 361. The van der Waals surface area contributed by atoms with Crippen molar-refractivity contribution < 1.29 is 9.52 Å². The zero-order valence-electron chi connectivity index (χ0n) is 11.6. The summed E-state index contributed by atoms with van der Waals surface area (Å²) in [5.74, 6) is 2.51. The molecule has 0 aliphatic heterocycles. The lowest BCUT2D eigenvalue weighted by atomic mass is 9.86. The average molecular weight is 251 g/mol. The lowest BCUT2D eigenvalue weighted by molar-refractivity contribution is 0.0490. The topological polar surface area (TPSA) is 36.6 Å². The summed E-state index contributed by atoms with van der Waals surface area (Å²) in [6.45, 7) is 3.90. The van der Waals surface area contributed by atoms with Crippen LogP contribution in [0.3, 0.4) is 0 Å². The first-order chi connectivity index (χ1) is 8.69. The molecular weight excluding hydrogens is 226 g/mol. The van der Waals surface area contributed by atoms with Gasteiger partial charge in [0, 0.05) is 13.0 Å². The quantitative estimate of drug-likeness (QED) is 0.874. The Morgan fingerprint density at radius 2 is 2.00 bits per heavy atom. The lowest BCUT2D eigenvalue weighted by Crippen LogP contribution is -2.34. The van der Waals surface area contributed by atoms with Crippen LogP contribution in [0.25, 0.3) is 0 Å². The minimum atomic E-state index is -0.107. The van der Waals surface area contributed by atoms with Crippen LogP contribution < -0.4 is 0 Å². The summed E-state index contributed by atoms with van der Waals surface area (Å²) >= 11 is 0. The van der Waals surface area contributed by atoms with Gasteiger partial charge in [-0.2, -0.15) is 0 Å². The second kappa shape index (κ2) is 6.39. The van der Waals surface area contributed by atoms with Crippen molar-refractivity contribution in [3.8, 4) is 0 Å². The van der Waals surface area contributed by atoms with Crippen molar-refractivity contribution in [2.24, 2.45) is 5.92 Å². The number of aliphatic hydroxyl groups is 1. The molecule has 0 aromatic carbocycles. The number of nitrogens with zero attached hydrogens (tertiary/aromatic N) is 1. The molecule has 0 amide bonds. The monoisotopic (exact) mass is 251 g/mol. The smallest absolute Gasteiger partial charge is 0.118 e. The Balaban J connectivity index is 1.82. The fraction of sp³-hybridized carbons (Fsp3) is 0.733. The molecule has 2 unspecified atom stereocenters. The summed E-state index contributed by atoms with van der Waals surface area (Å²) in [5.41, 5.74) is 0. The molecule has 3 nitrogen and oxygen atoms in total. The van der Waals surface area contributed by atoms with Gasteiger partial charge in [0.25, 0.3) is 0 Å². The van der Waals surface area contributed by atoms with Crippen LogP contribution in [0.2, 0.25) is 0 Å². The van der Waals surface area contributed by atoms with Crippen molar-refractivity contribution in [1.29, 1.82) is 0 Å². The van der Waals surface area contributed by atoms with Gasteiger partial charge in [-0.3, -0.25) is 4.90 Å². The Labute approximate surface area is 110 Å². The van der Waals surface area contributed by atoms with Gasteiger partial charge in [0.2, 0.25) is 0 Å². The third kappa shape index (κ3) is 3.59. The molecule has 0 radical (unpaired) electrons. The summed E-state index contributed by atoms with van der Waals surface area (Å²) in [6.07, 6.45) is 5.41. The van der Waals surface area contributed by atoms with Crippen LogP contribution in [0.4, 0.5) is 0 Å². The molecule has 2 atom stereocenters. The van der Waals surface area contributed by atoms with Gasteiger partial charge in [0.15, 0.2) is 0 Å². The van der Waals surface area contributed by atoms with Crippen LogP contribution >= 0.6 is 0 Å². The van der Waals surface area contributed by atoms with Crippen LogP contribution in [0.5, 0.6) is 0 Å². The van der Waals surface area contributed by atoms with E-state index >= 15 is 0 Å². The van der Waals surface area contributed by atoms with Crippen LogP contribution in [0.1, 0.15) is 44.1 Å².